The summed E-state index contributed by atoms with van der Waals surface area (Å²) in [6.07, 6.45) is 4.10. The summed E-state index contributed by atoms with van der Waals surface area (Å²) >= 11 is 0. The van der Waals surface area contributed by atoms with E-state index in [0.29, 0.717) is 18.0 Å². The molecule has 0 heterocycles. The van der Waals surface area contributed by atoms with Crippen LogP contribution in [0.4, 0.5) is 0 Å². The van der Waals surface area contributed by atoms with Crippen molar-refractivity contribution < 1.29 is 9.59 Å². The summed E-state index contributed by atoms with van der Waals surface area (Å²) in [7, 11) is 0. The molecular formula is C13H20O2. The first-order chi connectivity index (χ1) is 6.89. The Morgan fingerprint density at radius 2 is 1.73 bits per heavy atom. The number of fused-ring (bicyclic) bond motifs is 1. The minimum Gasteiger partial charge on any atom is -0.299 e. The second-order valence-corrected chi connectivity index (χ2v) is 5.93. The van der Waals surface area contributed by atoms with Crippen molar-refractivity contribution in [3.8, 4) is 0 Å². The van der Waals surface area contributed by atoms with Crippen LogP contribution in [-0.4, -0.2) is 11.6 Å². The second kappa shape index (κ2) is 3.16. The van der Waals surface area contributed by atoms with Gasteiger partial charge in [-0.15, -0.1) is 0 Å². The van der Waals surface area contributed by atoms with Crippen molar-refractivity contribution in [3.05, 3.63) is 0 Å². The maximum absolute atomic E-state index is 12.0. The molecule has 0 radical (unpaired) electrons. The SMILES string of the molecule is CC1(C)C(=O)CC[C@]2(C)C(=O)CCC[C@@H]12. The monoisotopic (exact) mass is 208 g/mol. The fourth-order valence-corrected chi connectivity index (χ4v) is 3.63. The van der Waals surface area contributed by atoms with Gasteiger partial charge in [-0.05, 0) is 25.2 Å². The van der Waals surface area contributed by atoms with E-state index in [1.165, 1.54) is 0 Å². The van der Waals surface area contributed by atoms with Gasteiger partial charge in [0.05, 0.1) is 0 Å². The minimum atomic E-state index is -0.289. The normalized spacial score (nSPS) is 40.1. The predicted molar refractivity (Wildman–Crippen MR) is 58.5 cm³/mol. The van der Waals surface area contributed by atoms with E-state index in [2.05, 4.69) is 6.92 Å². The quantitative estimate of drug-likeness (QED) is 0.613. The molecule has 2 atom stereocenters. The number of rotatable bonds is 0. The van der Waals surface area contributed by atoms with Crippen molar-refractivity contribution >= 4 is 11.6 Å². The lowest BCUT2D eigenvalue weighted by Crippen LogP contribution is -2.53. The number of carbonyl (C=O) groups excluding carboxylic acids is 2. The molecule has 2 fully saturated rings. The number of ketones is 2. The van der Waals surface area contributed by atoms with E-state index >= 15 is 0 Å². The Bertz CT molecular complexity index is 316. The summed E-state index contributed by atoms with van der Waals surface area (Å²) in [6.45, 7) is 6.12. The lowest BCUT2D eigenvalue weighted by atomic mass is 9.51. The van der Waals surface area contributed by atoms with E-state index in [1.807, 2.05) is 13.8 Å². The van der Waals surface area contributed by atoms with Crippen molar-refractivity contribution in [3.63, 3.8) is 0 Å². The average molecular weight is 208 g/mol. The first kappa shape index (κ1) is 10.8. The third-order valence-corrected chi connectivity index (χ3v) is 4.76. The highest BCUT2D eigenvalue weighted by Crippen LogP contribution is 2.54. The minimum absolute atomic E-state index is 0.213. The molecule has 2 aliphatic rings. The molecule has 0 N–H and O–H groups in total. The third-order valence-electron chi connectivity index (χ3n) is 4.76. The Morgan fingerprint density at radius 1 is 1.07 bits per heavy atom. The van der Waals surface area contributed by atoms with Crippen LogP contribution < -0.4 is 0 Å². The lowest BCUT2D eigenvalue weighted by molar-refractivity contribution is -0.152. The highest BCUT2D eigenvalue weighted by atomic mass is 16.1. The van der Waals surface area contributed by atoms with Crippen molar-refractivity contribution in [2.45, 2.75) is 52.9 Å². The molecule has 2 aliphatic carbocycles. The van der Waals surface area contributed by atoms with Crippen LogP contribution in [0.2, 0.25) is 0 Å². The van der Waals surface area contributed by atoms with E-state index < -0.39 is 0 Å². The molecule has 15 heavy (non-hydrogen) atoms. The number of carbonyl (C=O) groups is 2. The van der Waals surface area contributed by atoms with Gasteiger partial charge in [-0.1, -0.05) is 20.8 Å². The molecule has 0 unspecified atom stereocenters. The molecule has 2 rings (SSSR count). The van der Waals surface area contributed by atoms with Gasteiger partial charge in [0.1, 0.15) is 11.6 Å². The zero-order valence-corrected chi connectivity index (χ0v) is 9.93. The molecule has 0 saturated heterocycles. The fraction of sp³-hybridized carbons (Fsp3) is 0.846. The predicted octanol–water partition coefficient (Wildman–Crippen LogP) is 2.75. The summed E-state index contributed by atoms with van der Waals surface area (Å²) in [4.78, 5) is 23.9. The van der Waals surface area contributed by atoms with Crippen LogP contribution in [0.15, 0.2) is 0 Å². The summed E-state index contributed by atoms with van der Waals surface area (Å²) in [5.74, 6) is 1.01. The molecule has 0 amide bonds. The smallest absolute Gasteiger partial charge is 0.139 e. The van der Waals surface area contributed by atoms with Crippen molar-refractivity contribution in [2.24, 2.45) is 16.7 Å². The van der Waals surface area contributed by atoms with E-state index in [4.69, 9.17) is 0 Å². The van der Waals surface area contributed by atoms with E-state index in [1.54, 1.807) is 0 Å². The maximum atomic E-state index is 12.0. The number of Topliss-reactive ketones (excluding diaryl/α,β-unsaturated/α-hetero) is 2. The first-order valence-corrected chi connectivity index (χ1v) is 5.95. The number of hydrogen-bond acceptors (Lipinski definition) is 2. The molecule has 0 bridgehead atoms. The average Bonchev–Trinajstić information content (AvgIpc) is 2.16. The zero-order chi connectivity index (χ0) is 11.3. The van der Waals surface area contributed by atoms with Crippen LogP contribution in [0, 0.1) is 16.7 Å². The lowest BCUT2D eigenvalue weighted by Gasteiger charge is -2.51. The summed E-state index contributed by atoms with van der Waals surface area (Å²) < 4.78 is 0. The van der Waals surface area contributed by atoms with Crippen LogP contribution in [0.3, 0.4) is 0 Å². The van der Waals surface area contributed by atoms with Crippen LogP contribution in [0.5, 0.6) is 0 Å². The zero-order valence-electron chi connectivity index (χ0n) is 9.93. The largest absolute Gasteiger partial charge is 0.299 e. The Labute approximate surface area is 91.4 Å². The van der Waals surface area contributed by atoms with Crippen molar-refractivity contribution in [1.82, 2.24) is 0 Å². The Hall–Kier alpha value is -0.660. The highest BCUT2D eigenvalue weighted by molar-refractivity contribution is 5.92. The first-order valence-electron chi connectivity index (χ1n) is 5.95. The van der Waals surface area contributed by atoms with Gasteiger partial charge in [-0.25, -0.2) is 0 Å². The molecule has 0 aromatic rings. The summed E-state index contributed by atoms with van der Waals surface area (Å²) in [5, 5.41) is 0. The molecule has 84 valence electrons. The molecule has 0 spiro atoms. The van der Waals surface area contributed by atoms with E-state index in [-0.39, 0.29) is 16.7 Å². The van der Waals surface area contributed by atoms with Gasteiger partial charge in [-0.2, -0.15) is 0 Å². The molecule has 0 aromatic carbocycles. The van der Waals surface area contributed by atoms with Gasteiger partial charge in [0.15, 0.2) is 0 Å². The van der Waals surface area contributed by atoms with Crippen LogP contribution >= 0.6 is 0 Å². The van der Waals surface area contributed by atoms with E-state index in [0.717, 1.165) is 25.7 Å². The standard InChI is InChI=1S/C13H20O2/c1-12(2)9-5-4-6-11(15)13(9,3)8-7-10(12)14/h9H,4-8H2,1-3H3/t9-,13-/m0/s1. The molecule has 2 heteroatoms. The van der Waals surface area contributed by atoms with Gasteiger partial charge in [-0.3, -0.25) is 9.59 Å². The Morgan fingerprint density at radius 3 is 2.40 bits per heavy atom. The van der Waals surface area contributed by atoms with Gasteiger partial charge < -0.3 is 0 Å². The highest BCUT2D eigenvalue weighted by Gasteiger charge is 2.55. The summed E-state index contributed by atoms with van der Waals surface area (Å²) in [5.41, 5.74) is -0.501. The molecule has 0 aromatic heterocycles. The van der Waals surface area contributed by atoms with Gasteiger partial charge >= 0.3 is 0 Å². The Kier molecular flexibility index (Phi) is 2.29. The Balaban J connectivity index is 2.39. The fourth-order valence-electron chi connectivity index (χ4n) is 3.63. The number of hydrogen-bond donors (Lipinski definition) is 0. The molecule has 2 saturated carbocycles. The van der Waals surface area contributed by atoms with Crippen LogP contribution in [-0.2, 0) is 9.59 Å². The summed E-state index contributed by atoms with van der Waals surface area (Å²) in [6, 6.07) is 0. The van der Waals surface area contributed by atoms with Crippen molar-refractivity contribution in [1.29, 1.82) is 0 Å². The molecule has 0 aliphatic heterocycles. The van der Waals surface area contributed by atoms with Crippen molar-refractivity contribution in [2.75, 3.05) is 0 Å². The van der Waals surface area contributed by atoms with Gasteiger partial charge in [0.25, 0.3) is 0 Å². The molecule has 2 nitrogen and oxygen atoms in total. The van der Waals surface area contributed by atoms with Gasteiger partial charge in [0.2, 0.25) is 0 Å². The maximum Gasteiger partial charge on any atom is 0.139 e. The van der Waals surface area contributed by atoms with Gasteiger partial charge in [0, 0.05) is 23.7 Å². The molecular weight excluding hydrogens is 188 g/mol. The topological polar surface area (TPSA) is 34.1 Å². The van der Waals surface area contributed by atoms with E-state index in [9.17, 15) is 9.59 Å². The third kappa shape index (κ3) is 1.37. The second-order valence-electron chi connectivity index (χ2n) is 5.93. The van der Waals surface area contributed by atoms with Crippen LogP contribution in [0.25, 0.3) is 0 Å². The van der Waals surface area contributed by atoms with Crippen LogP contribution in [0.1, 0.15) is 52.9 Å².